The summed E-state index contributed by atoms with van der Waals surface area (Å²) in [7, 11) is 1.68. The maximum Gasteiger partial charge on any atom is 0.130 e. The summed E-state index contributed by atoms with van der Waals surface area (Å²) in [6.45, 7) is 7.18. The van der Waals surface area contributed by atoms with Crippen molar-refractivity contribution in [3.63, 3.8) is 0 Å². The third kappa shape index (κ3) is 2.66. The van der Waals surface area contributed by atoms with Crippen molar-refractivity contribution in [2.24, 2.45) is 0 Å². The molecule has 104 valence electrons. The summed E-state index contributed by atoms with van der Waals surface area (Å²) in [5.41, 5.74) is 2.19. The summed E-state index contributed by atoms with van der Waals surface area (Å²) in [6, 6.07) is 6.27. The van der Waals surface area contributed by atoms with Gasteiger partial charge in [-0.3, -0.25) is 4.79 Å². The van der Waals surface area contributed by atoms with Crippen molar-refractivity contribution in [1.82, 2.24) is 0 Å². The SMILES string of the molecule is COc1ccc(C(C)C)cc1C1(CC(C)=O)COC1. The maximum atomic E-state index is 11.5. The van der Waals surface area contributed by atoms with Gasteiger partial charge < -0.3 is 9.47 Å². The van der Waals surface area contributed by atoms with Gasteiger partial charge in [-0.25, -0.2) is 0 Å². The number of hydrogen-bond donors (Lipinski definition) is 0. The fraction of sp³-hybridized carbons (Fsp3) is 0.562. The lowest BCUT2D eigenvalue weighted by Crippen LogP contribution is -2.48. The normalized spacial score (nSPS) is 17.1. The van der Waals surface area contributed by atoms with Gasteiger partial charge in [0, 0.05) is 12.0 Å². The quantitative estimate of drug-likeness (QED) is 0.818. The fourth-order valence-electron chi connectivity index (χ4n) is 2.68. The molecule has 3 heteroatoms. The van der Waals surface area contributed by atoms with E-state index in [0.29, 0.717) is 25.6 Å². The molecule has 1 saturated heterocycles. The number of ketones is 1. The summed E-state index contributed by atoms with van der Waals surface area (Å²) >= 11 is 0. The van der Waals surface area contributed by atoms with Crippen molar-refractivity contribution in [3.05, 3.63) is 29.3 Å². The molecule has 19 heavy (non-hydrogen) atoms. The number of ether oxygens (including phenoxy) is 2. The molecule has 0 radical (unpaired) electrons. The standard InChI is InChI=1S/C16H22O3/c1-11(2)13-5-6-15(18-4)14(7-13)16(8-12(3)17)9-19-10-16/h5-7,11H,8-10H2,1-4H3. The lowest BCUT2D eigenvalue weighted by atomic mass is 9.73. The van der Waals surface area contributed by atoms with Gasteiger partial charge in [0.25, 0.3) is 0 Å². The number of carbonyl (C=O) groups is 1. The molecule has 0 spiro atoms. The number of methoxy groups -OCH3 is 1. The van der Waals surface area contributed by atoms with Gasteiger partial charge in [-0.05, 0) is 24.5 Å². The second-order valence-electron chi connectivity index (χ2n) is 5.77. The maximum absolute atomic E-state index is 11.5. The predicted octanol–water partition coefficient (Wildman–Crippen LogP) is 3.07. The highest BCUT2D eigenvalue weighted by Crippen LogP contribution is 2.42. The molecule has 1 heterocycles. The van der Waals surface area contributed by atoms with Crippen molar-refractivity contribution in [2.75, 3.05) is 20.3 Å². The topological polar surface area (TPSA) is 35.5 Å². The van der Waals surface area contributed by atoms with E-state index < -0.39 is 0 Å². The van der Waals surface area contributed by atoms with E-state index in [2.05, 4.69) is 26.0 Å². The molecule has 1 fully saturated rings. The van der Waals surface area contributed by atoms with Gasteiger partial charge in [-0.15, -0.1) is 0 Å². The molecule has 1 aliphatic rings. The minimum atomic E-state index is -0.192. The molecule has 0 atom stereocenters. The van der Waals surface area contributed by atoms with E-state index in [-0.39, 0.29) is 11.2 Å². The molecule has 1 aliphatic heterocycles. The third-order valence-corrected chi connectivity index (χ3v) is 3.81. The first kappa shape index (κ1) is 14.1. The van der Waals surface area contributed by atoms with E-state index in [0.717, 1.165) is 11.3 Å². The molecule has 3 nitrogen and oxygen atoms in total. The highest BCUT2D eigenvalue weighted by molar-refractivity contribution is 5.77. The lowest BCUT2D eigenvalue weighted by molar-refractivity contribution is -0.125. The van der Waals surface area contributed by atoms with Crippen molar-refractivity contribution >= 4 is 5.78 Å². The van der Waals surface area contributed by atoms with Gasteiger partial charge >= 0.3 is 0 Å². The Labute approximate surface area is 114 Å². The Morgan fingerprint density at radius 1 is 1.42 bits per heavy atom. The Morgan fingerprint density at radius 2 is 2.11 bits per heavy atom. The minimum Gasteiger partial charge on any atom is -0.496 e. The number of benzene rings is 1. The first-order valence-corrected chi connectivity index (χ1v) is 6.74. The first-order valence-electron chi connectivity index (χ1n) is 6.74. The van der Waals surface area contributed by atoms with E-state index >= 15 is 0 Å². The average molecular weight is 262 g/mol. The molecule has 0 N–H and O–H groups in total. The molecule has 0 amide bonds. The number of hydrogen-bond acceptors (Lipinski definition) is 3. The highest BCUT2D eigenvalue weighted by Gasteiger charge is 2.43. The lowest BCUT2D eigenvalue weighted by Gasteiger charge is -2.42. The number of carbonyl (C=O) groups excluding carboxylic acids is 1. The Hall–Kier alpha value is -1.35. The molecule has 0 saturated carbocycles. The van der Waals surface area contributed by atoms with E-state index in [1.54, 1.807) is 14.0 Å². The Bertz CT molecular complexity index is 473. The van der Waals surface area contributed by atoms with Crippen LogP contribution in [0.3, 0.4) is 0 Å². The molecule has 2 rings (SSSR count). The fourth-order valence-corrected chi connectivity index (χ4v) is 2.68. The van der Waals surface area contributed by atoms with Crippen molar-refractivity contribution < 1.29 is 14.3 Å². The molecule has 0 aromatic heterocycles. The predicted molar refractivity (Wildman–Crippen MR) is 74.9 cm³/mol. The van der Waals surface area contributed by atoms with Crippen LogP contribution in [-0.2, 0) is 14.9 Å². The largest absolute Gasteiger partial charge is 0.496 e. The first-order chi connectivity index (χ1) is 8.98. The summed E-state index contributed by atoms with van der Waals surface area (Å²) in [5, 5.41) is 0. The molecular weight excluding hydrogens is 240 g/mol. The monoisotopic (exact) mass is 262 g/mol. The third-order valence-electron chi connectivity index (χ3n) is 3.81. The zero-order valence-corrected chi connectivity index (χ0v) is 12.2. The van der Waals surface area contributed by atoms with Crippen LogP contribution in [0.1, 0.15) is 44.2 Å². The van der Waals surface area contributed by atoms with E-state index in [9.17, 15) is 4.79 Å². The second-order valence-corrected chi connectivity index (χ2v) is 5.77. The Morgan fingerprint density at radius 3 is 2.53 bits per heavy atom. The van der Waals surface area contributed by atoms with Crippen molar-refractivity contribution in [1.29, 1.82) is 0 Å². The number of Topliss-reactive ketones (excluding diaryl/α,β-unsaturated/α-hetero) is 1. The molecule has 1 aromatic carbocycles. The van der Waals surface area contributed by atoms with Gasteiger partial charge in [-0.2, -0.15) is 0 Å². The van der Waals surface area contributed by atoms with Crippen LogP contribution in [0.25, 0.3) is 0 Å². The van der Waals surface area contributed by atoms with Crippen LogP contribution in [0.2, 0.25) is 0 Å². The van der Waals surface area contributed by atoms with Crippen LogP contribution in [-0.4, -0.2) is 26.1 Å². The van der Waals surface area contributed by atoms with E-state index in [1.165, 1.54) is 5.56 Å². The number of rotatable bonds is 5. The van der Waals surface area contributed by atoms with Gasteiger partial charge in [0.05, 0.1) is 25.7 Å². The van der Waals surface area contributed by atoms with Crippen LogP contribution in [0.15, 0.2) is 18.2 Å². The summed E-state index contributed by atoms with van der Waals surface area (Å²) in [6.07, 6.45) is 0.519. The van der Waals surface area contributed by atoms with E-state index in [1.807, 2.05) is 6.07 Å². The summed E-state index contributed by atoms with van der Waals surface area (Å²) in [4.78, 5) is 11.5. The molecule has 1 aromatic rings. The zero-order valence-electron chi connectivity index (χ0n) is 12.2. The van der Waals surface area contributed by atoms with Crippen LogP contribution in [0.4, 0.5) is 0 Å². The molecule has 0 bridgehead atoms. The van der Waals surface area contributed by atoms with Crippen molar-refractivity contribution in [2.45, 2.75) is 38.5 Å². The highest BCUT2D eigenvalue weighted by atomic mass is 16.5. The second kappa shape index (κ2) is 5.33. The Balaban J connectivity index is 2.45. The van der Waals surface area contributed by atoms with Gasteiger partial charge in [-0.1, -0.05) is 26.0 Å². The van der Waals surface area contributed by atoms with Gasteiger partial charge in [0.15, 0.2) is 0 Å². The molecular formula is C16H22O3. The van der Waals surface area contributed by atoms with Crippen LogP contribution in [0, 0.1) is 0 Å². The van der Waals surface area contributed by atoms with Gasteiger partial charge in [0.2, 0.25) is 0 Å². The minimum absolute atomic E-state index is 0.192. The molecule has 0 unspecified atom stereocenters. The smallest absolute Gasteiger partial charge is 0.130 e. The van der Waals surface area contributed by atoms with Gasteiger partial charge in [0.1, 0.15) is 11.5 Å². The Kier molecular flexibility index (Phi) is 3.95. The zero-order chi connectivity index (χ0) is 14.0. The van der Waals surface area contributed by atoms with Crippen LogP contribution >= 0.6 is 0 Å². The molecule has 0 aliphatic carbocycles. The van der Waals surface area contributed by atoms with Crippen LogP contribution < -0.4 is 4.74 Å². The van der Waals surface area contributed by atoms with Crippen LogP contribution in [0.5, 0.6) is 5.75 Å². The summed E-state index contributed by atoms with van der Waals surface area (Å²) < 4.78 is 10.9. The average Bonchev–Trinajstić information content (AvgIpc) is 2.32. The summed E-state index contributed by atoms with van der Waals surface area (Å²) in [5.74, 6) is 1.51. The van der Waals surface area contributed by atoms with E-state index in [4.69, 9.17) is 9.47 Å². The van der Waals surface area contributed by atoms with Crippen molar-refractivity contribution in [3.8, 4) is 5.75 Å².